The van der Waals surface area contributed by atoms with Crippen LogP contribution in [0.4, 0.5) is 0 Å². The van der Waals surface area contributed by atoms with Gasteiger partial charge in [0.2, 0.25) is 0 Å². The fourth-order valence-electron chi connectivity index (χ4n) is 1.60. The maximum atomic E-state index is 4.28. The summed E-state index contributed by atoms with van der Waals surface area (Å²) < 4.78 is 5.82. The standard InChI is InChI=1S/C10H15N5S/c1-3-11-10(9-7-16-14-13-9)8-5-12-15(4-2)6-8/h5-7,10-11H,3-4H2,1-2H3. The van der Waals surface area contributed by atoms with Crippen molar-refractivity contribution in [1.29, 1.82) is 0 Å². The van der Waals surface area contributed by atoms with E-state index in [1.807, 2.05) is 22.5 Å². The maximum absolute atomic E-state index is 4.28. The first-order chi connectivity index (χ1) is 7.85. The summed E-state index contributed by atoms with van der Waals surface area (Å²) in [6, 6.07) is 0.101. The van der Waals surface area contributed by atoms with E-state index in [1.54, 1.807) is 0 Å². The molecule has 2 aromatic rings. The molecule has 0 saturated carbocycles. The first kappa shape index (κ1) is 11.2. The molecule has 1 atom stereocenters. The third-order valence-electron chi connectivity index (χ3n) is 2.39. The Labute approximate surface area is 98.7 Å². The lowest BCUT2D eigenvalue weighted by atomic mass is 10.1. The van der Waals surface area contributed by atoms with Gasteiger partial charge < -0.3 is 5.32 Å². The molecule has 2 rings (SSSR count). The Bertz CT molecular complexity index is 422. The summed E-state index contributed by atoms with van der Waals surface area (Å²) >= 11 is 1.37. The van der Waals surface area contributed by atoms with Crippen LogP contribution in [0.5, 0.6) is 0 Å². The van der Waals surface area contributed by atoms with Crippen molar-refractivity contribution >= 4 is 11.5 Å². The highest BCUT2D eigenvalue weighted by Gasteiger charge is 2.17. The lowest BCUT2D eigenvalue weighted by Crippen LogP contribution is -2.22. The zero-order valence-electron chi connectivity index (χ0n) is 9.42. The Balaban J connectivity index is 2.25. The molecule has 0 fully saturated rings. The van der Waals surface area contributed by atoms with E-state index in [-0.39, 0.29) is 6.04 Å². The highest BCUT2D eigenvalue weighted by molar-refractivity contribution is 7.03. The SMILES string of the molecule is CCNC(c1cnn(CC)c1)c1csnn1. The second-order valence-corrected chi connectivity index (χ2v) is 4.06. The molecular formula is C10H15N5S. The summed E-state index contributed by atoms with van der Waals surface area (Å²) in [7, 11) is 0. The van der Waals surface area contributed by atoms with Crippen molar-refractivity contribution in [3.8, 4) is 0 Å². The number of nitrogens with one attached hydrogen (secondary N) is 1. The molecule has 0 aliphatic carbocycles. The van der Waals surface area contributed by atoms with Gasteiger partial charge in [-0.2, -0.15) is 5.10 Å². The minimum Gasteiger partial charge on any atom is -0.305 e. The third kappa shape index (κ3) is 2.28. The number of aryl methyl sites for hydroxylation is 1. The topological polar surface area (TPSA) is 55.6 Å². The maximum Gasteiger partial charge on any atom is 0.0971 e. The number of nitrogens with zero attached hydrogens (tertiary/aromatic N) is 4. The van der Waals surface area contributed by atoms with Crippen molar-refractivity contribution in [2.24, 2.45) is 0 Å². The number of hydrogen-bond donors (Lipinski definition) is 1. The van der Waals surface area contributed by atoms with Crippen molar-refractivity contribution in [3.05, 3.63) is 29.0 Å². The molecule has 0 radical (unpaired) electrons. The Morgan fingerprint density at radius 1 is 1.50 bits per heavy atom. The molecule has 0 spiro atoms. The number of hydrogen-bond acceptors (Lipinski definition) is 5. The Morgan fingerprint density at radius 2 is 2.38 bits per heavy atom. The van der Waals surface area contributed by atoms with Gasteiger partial charge in [-0.1, -0.05) is 11.4 Å². The van der Waals surface area contributed by atoms with Crippen molar-refractivity contribution in [2.45, 2.75) is 26.4 Å². The first-order valence-electron chi connectivity index (χ1n) is 5.37. The van der Waals surface area contributed by atoms with Crippen molar-refractivity contribution in [3.63, 3.8) is 0 Å². The molecule has 0 aromatic carbocycles. The molecule has 6 heteroatoms. The Hall–Kier alpha value is -1.27. The van der Waals surface area contributed by atoms with Crippen LogP contribution in [0, 0.1) is 0 Å². The molecule has 0 aliphatic heterocycles. The molecule has 1 N–H and O–H groups in total. The van der Waals surface area contributed by atoms with Crippen molar-refractivity contribution in [2.75, 3.05) is 6.54 Å². The van der Waals surface area contributed by atoms with Gasteiger partial charge in [0.1, 0.15) is 0 Å². The number of rotatable bonds is 5. The van der Waals surface area contributed by atoms with E-state index in [2.05, 4.69) is 33.8 Å². The zero-order chi connectivity index (χ0) is 11.4. The van der Waals surface area contributed by atoms with Crippen LogP contribution >= 0.6 is 11.5 Å². The number of aromatic nitrogens is 4. The van der Waals surface area contributed by atoms with Crippen LogP contribution in [0.15, 0.2) is 17.8 Å². The quantitative estimate of drug-likeness (QED) is 0.855. The summed E-state index contributed by atoms with van der Waals surface area (Å²) in [4.78, 5) is 0. The van der Waals surface area contributed by atoms with Gasteiger partial charge >= 0.3 is 0 Å². The van der Waals surface area contributed by atoms with Gasteiger partial charge in [0, 0.05) is 23.7 Å². The highest BCUT2D eigenvalue weighted by Crippen LogP contribution is 2.20. The molecule has 2 aromatic heterocycles. The van der Waals surface area contributed by atoms with E-state index >= 15 is 0 Å². The molecule has 0 amide bonds. The van der Waals surface area contributed by atoms with Gasteiger partial charge in [0.25, 0.3) is 0 Å². The summed E-state index contributed by atoms with van der Waals surface area (Å²) in [5.74, 6) is 0. The summed E-state index contributed by atoms with van der Waals surface area (Å²) in [6.45, 7) is 5.92. The molecule has 0 aliphatic rings. The van der Waals surface area contributed by atoms with Gasteiger partial charge in [-0.3, -0.25) is 4.68 Å². The monoisotopic (exact) mass is 237 g/mol. The minimum atomic E-state index is 0.101. The molecule has 1 unspecified atom stereocenters. The van der Waals surface area contributed by atoms with Crippen LogP contribution in [-0.4, -0.2) is 25.9 Å². The normalized spacial score (nSPS) is 12.9. The lowest BCUT2D eigenvalue weighted by Gasteiger charge is -2.12. The van der Waals surface area contributed by atoms with E-state index < -0.39 is 0 Å². The van der Waals surface area contributed by atoms with Gasteiger partial charge in [-0.25, -0.2) is 0 Å². The predicted molar refractivity (Wildman–Crippen MR) is 63.3 cm³/mol. The zero-order valence-corrected chi connectivity index (χ0v) is 10.2. The van der Waals surface area contributed by atoms with E-state index in [0.29, 0.717) is 0 Å². The Kier molecular flexibility index (Phi) is 3.63. The van der Waals surface area contributed by atoms with Crippen molar-refractivity contribution < 1.29 is 0 Å². The minimum absolute atomic E-state index is 0.101. The van der Waals surface area contributed by atoms with E-state index in [0.717, 1.165) is 24.3 Å². The Morgan fingerprint density at radius 3 is 2.94 bits per heavy atom. The molecule has 86 valence electrons. The third-order valence-corrected chi connectivity index (χ3v) is 2.91. The van der Waals surface area contributed by atoms with E-state index in [4.69, 9.17) is 0 Å². The summed E-state index contributed by atoms with van der Waals surface area (Å²) in [5.41, 5.74) is 2.10. The predicted octanol–water partition coefficient (Wildman–Crippen LogP) is 1.45. The van der Waals surface area contributed by atoms with Crippen LogP contribution in [0.2, 0.25) is 0 Å². The molecule has 0 saturated heterocycles. The average molecular weight is 237 g/mol. The van der Waals surface area contributed by atoms with Crippen LogP contribution in [-0.2, 0) is 6.54 Å². The van der Waals surface area contributed by atoms with Crippen LogP contribution < -0.4 is 5.32 Å². The van der Waals surface area contributed by atoms with Crippen LogP contribution in [0.25, 0.3) is 0 Å². The van der Waals surface area contributed by atoms with Crippen molar-refractivity contribution in [1.82, 2.24) is 24.7 Å². The smallest absolute Gasteiger partial charge is 0.0971 e. The fraction of sp³-hybridized carbons (Fsp3) is 0.500. The van der Waals surface area contributed by atoms with E-state index in [9.17, 15) is 0 Å². The molecule has 16 heavy (non-hydrogen) atoms. The molecule has 2 heterocycles. The summed E-state index contributed by atoms with van der Waals surface area (Å²) in [5, 5.41) is 13.8. The van der Waals surface area contributed by atoms with Crippen LogP contribution in [0.3, 0.4) is 0 Å². The lowest BCUT2D eigenvalue weighted by molar-refractivity contribution is 0.610. The van der Waals surface area contributed by atoms with Gasteiger partial charge in [0.15, 0.2) is 0 Å². The second-order valence-electron chi connectivity index (χ2n) is 3.45. The van der Waals surface area contributed by atoms with Crippen LogP contribution in [0.1, 0.15) is 31.1 Å². The second kappa shape index (κ2) is 5.18. The highest BCUT2D eigenvalue weighted by atomic mass is 32.1. The largest absolute Gasteiger partial charge is 0.305 e. The molecular weight excluding hydrogens is 222 g/mol. The average Bonchev–Trinajstić information content (AvgIpc) is 2.97. The summed E-state index contributed by atoms with van der Waals surface area (Å²) in [6.07, 6.45) is 3.93. The first-order valence-corrected chi connectivity index (χ1v) is 6.21. The van der Waals surface area contributed by atoms with E-state index in [1.165, 1.54) is 11.5 Å². The molecule has 0 bridgehead atoms. The fourth-order valence-corrected chi connectivity index (χ4v) is 2.08. The van der Waals surface area contributed by atoms with Gasteiger partial charge in [-0.05, 0) is 25.0 Å². The van der Waals surface area contributed by atoms with Gasteiger partial charge in [0.05, 0.1) is 17.9 Å². The van der Waals surface area contributed by atoms with Gasteiger partial charge in [-0.15, -0.1) is 5.10 Å². The molecule has 5 nitrogen and oxygen atoms in total.